The molecule has 0 aromatic heterocycles. The topological polar surface area (TPSA) is 38.3 Å². The fourth-order valence-electron chi connectivity index (χ4n) is 2.25. The molecular formula is C12H23NO2. The van der Waals surface area contributed by atoms with Crippen LogP contribution in [0.15, 0.2) is 0 Å². The minimum atomic E-state index is -0.342. The van der Waals surface area contributed by atoms with Crippen LogP contribution in [0.1, 0.15) is 47.0 Å². The molecule has 1 heterocycles. The normalized spacial score (nSPS) is 21.3. The third-order valence-corrected chi connectivity index (χ3v) is 2.82. The third kappa shape index (κ3) is 3.28. The molecule has 0 atom stereocenters. The first kappa shape index (κ1) is 12.7. The van der Waals surface area contributed by atoms with E-state index in [1.165, 1.54) is 0 Å². The van der Waals surface area contributed by atoms with E-state index in [1.807, 2.05) is 6.92 Å². The van der Waals surface area contributed by atoms with Gasteiger partial charge in [0.25, 0.3) is 0 Å². The van der Waals surface area contributed by atoms with Crippen molar-refractivity contribution in [2.45, 2.75) is 58.0 Å². The molecule has 0 bridgehead atoms. The zero-order chi connectivity index (χ0) is 11.5. The molecule has 0 radical (unpaired) electrons. The van der Waals surface area contributed by atoms with Gasteiger partial charge in [-0.15, -0.1) is 0 Å². The quantitative estimate of drug-likeness (QED) is 0.778. The van der Waals surface area contributed by atoms with Gasteiger partial charge in [-0.2, -0.15) is 0 Å². The number of ketones is 1. The van der Waals surface area contributed by atoms with Crippen molar-refractivity contribution in [3.63, 3.8) is 0 Å². The number of nitrogens with one attached hydrogen (secondary N) is 1. The van der Waals surface area contributed by atoms with Crippen LogP contribution in [0.3, 0.4) is 0 Å². The van der Waals surface area contributed by atoms with Gasteiger partial charge >= 0.3 is 0 Å². The smallest absolute Gasteiger partial charge is 0.152 e. The SMILES string of the molecule is CCC(=O)C1(NC(C)(C)C)CCOCC1. The maximum absolute atomic E-state index is 12.0. The molecule has 0 unspecified atom stereocenters. The summed E-state index contributed by atoms with van der Waals surface area (Å²) in [6.07, 6.45) is 2.21. The van der Waals surface area contributed by atoms with E-state index in [9.17, 15) is 4.79 Å². The zero-order valence-electron chi connectivity index (χ0n) is 10.4. The Balaban J connectivity index is 2.80. The van der Waals surface area contributed by atoms with Crippen LogP contribution in [0, 0.1) is 0 Å². The van der Waals surface area contributed by atoms with Crippen molar-refractivity contribution in [3.05, 3.63) is 0 Å². The molecule has 1 aliphatic rings. The summed E-state index contributed by atoms with van der Waals surface area (Å²) in [5.41, 5.74) is -0.368. The molecule has 1 fully saturated rings. The van der Waals surface area contributed by atoms with Gasteiger partial charge in [0.15, 0.2) is 5.78 Å². The Hall–Kier alpha value is -0.410. The van der Waals surface area contributed by atoms with Crippen LogP contribution in [0.4, 0.5) is 0 Å². The molecule has 88 valence electrons. The van der Waals surface area contributed by atoms with Crippen molar-refractivity contribution >= 4 is 5.78 Å². The number of rotatable bonds is 3. The summed E-state index contributed by atoms with van der Waals surface area (Å²) >= 11 is 0. The first-order valence-electron chi connectivity index (χ1n) is 5.80. The lowest BCUT2D eigenvalue weighted by atomic mass is 9.82. The number of carbonyl (C=O) groups is 1. The van der Waals surface area contributed by atoms with Crippen LogP contribution < -0.4 is 5.32 Å². The number of carbonyl (C=O) groups excluding carboxylic acids is 1. The minimum absolute atomic E-state index is 0.0256. The number of hydrogen-bond acceptors (Lipinski definition) is 3. The molecule has 0 saturated carbocycles. The van der Waals surface area contributed by atoms with E-state index in [0.717, 1.165) is 12.8 Å². The predicted octanol–water partition coefficient (Wildman–Crippen LogP) is 1.90. The fraction of sp³-hybridized carbons (Fsp3) is 0.917. The van der Waals surface area contributed by atoms with E-state index in [-0.39, 0.29) is 11.1 Å². The van der Waals surface area contributed by atoms with Crippen LogP contribution in [-0.2, 0) is 9.53 Å². The highest BCUT2D eigenvalue weighted by Gasteiger charge is 2.40. The molecule has 0 aromatic carbocycles. The first-order valence-corrected chi connectivity index (χ1v) is 5.80. The van der Waals surface area contributed by atoms with Crippen molar-refractivity contribution in [1.29, 1.82) is 0 Å². The summed E-state index contributed by atoms with van der Waals surface area (Å²) in [6, 6.07) is 0. The summed E-state index contributed by atoms with van der Waals surface area (Å²) in [5, 5.41) is 3.49. The summed E-state index contributed by atoms with van der Waals surface area (Å²) < 4.78 is 5.34. The van der Waals surface area contributed by atoms with Crippen LogP contribution in [0.25, 0.3) is 0 Å². The summed E-state index contributed by atoms with van der Waals surface area (Å²) in [4.78, 5) is 12.0. The molecule has 1 N–H and O–H groups in total. The van der Waals surface area contributed by atoms with Gasteiger partial charge in [-0.1, -0.05) is 6.92 Å². The highest BCUT2D eigenvalue weighted by molar-refractivity contribution is 5.88. The average molecular weight is 213 g/mol. The van der Waals surface area contributed by atoms with E-state index in [0.29, 0.717) is 25.4 Å². The lowest BCUT2D eigenvalue weighted by molar-refractivity contribution is -0.130. The maximum Gasteiger partial charge on any atom is 0.152 e. The third-order valence-electron chi connectivity index (χ3n) is 2.82. The second kappa shape index (κ2) is 4.62. The molecule has 0 aromatic rings. The average Bonchev–Trinajstić information content (AvgIpc) is 2.15. The molecule has 3 heteroatoms. The highest BCUT2D eigenvalue weighted by Crippen LogP contribution is 2.26. The predicted molar refractivity (Wildman–Crippen MR) is 61.0 cm³/mol. The Bertz CT molecular complexity index is 224. The van der Waals surface area contributed by atoms with Crippen LogP contribution in [0.2, 0.25) is 0 Å². The first-order chi connectivity index (χ1) is 6.90. The van der Waals surface area contributed by atoms with E-state index >= 15 is 0 Å². The summed E-state index contributed by atoms with van der Waals surface area (Å²) in [5.74, 6) is 0.320. The largest absolute Gasteiger partial charge is 0.381 e. The van der Waals surface area contributed by atoms with Gasteiger partial charge in [0.2, 0.25) is 0 Å². The zero-order valence-corrected chi connectivity index (χ0v) is 10.4. The summed E-state index contributed by atoms with van der Waals surface area (Å²) in [6.45, 7) is 9.63. The maximum atomic E-state index is 12.0. The van der Waals surface area contributed by atoms with Crippen LogP contribution in [-0.4, -0.2) is 30.1 Å². The molecule has 0 amide bonds. The highest BCUT2D eigenvalue weighted by atomic mass is 16.5. The van der Waals surface area contributed by atoms with Crippen LogP contribution >= 0.6 is 0 Å². The number of Topliss-reactive ketones (excluding diaryl/α,β-unsaturated/α-hetero) is 1. The van der Waals surface area contributed by atoms with Gasteiger partial charge in [0, 0.05) is 25.2 Å². The molecule has 0 aliphatic carbocycles. The van der Waals surface area contributed by atoms with Gasteiger partial charge in [-0.3, -0.25) is 4.79 Å². The summed E-state index contributed by atoms with van der Waals surface area (Å²) in [7, 11) is 0. The van der Waals surface area contributed by atoms with E-state index < -0.39 is 0 Å². The second-order valence-electron chi connectivity index (χ2n) is 5.35. The van der Waals surface area contributed by atoms with E-state index in [1.54, 1.807) is 0 Å². The molecule has 1 aliphatic heterocycles. The van der Waals surface area contributed by atoms with Crippen molar-refractivity contribution in [2.75, 3.05) is 13.2 Å². The molecule has 3 nitrogen and oxygen atoms in total. The Morgan fingerprint density at radius 3 is 2.27 bits per heavy atom. The lowest BCUT2D eigenvalue weighted by Crippen LogP contribution is -2.61. The van der Waals surface area contributed by atoms with E-state index in [4.69, 9.17) is 4.74 Å². The Kier molecular flexibility index (Phi) is 3.90. The van der Waals surface area contributed by atoms with Gasteiger partial charge in [-0.25, -0.2) is 0 Å². The molecular weight excluding hydrogens is 190 g/mol. The number of ether oxygens (including phenoxy) is 1. The Labute approximate surface area is 92.6 Å². The van der Waals surface area contributed by atoms with Crippen LogP contribution in [0.5, 0.6) is 0 Å². The van der Waals surface area contributed by atoms with Crippen molar-refractivity contribution < 1.29 is 9.53 Å². The van der Waals surface area contributed by atoms with Crippen molar-refractivity contribution in [1.82, 2.24) is 5.32 Å². The standard InChI is InChI=1S/C12H23NO2/c1-5-10(14)12(13-11(2,3)4)6-8-15-9-7-12/h13H,5-9H2,1-4H3. The monoisotopic (exact) mass is 213 g/mol. The Morgan fingerprint density at radius 2 is 1.87 bits per heavy atom. The van der Waals surface area contributed by atoms with Crippen molar-refractivity contribution in [2.24, 2.45) is 0 Å². The fourth-order valence-corrected chi connectivity index (χ4v) is 2.25. The molecule has 1 rings (SSSR count). The molecule has 15 heavy (non-hydrogen) atoms. The number of hydrogen-bond donors (Lipinski definition) is 1. The second-order valence-corrected chi connectivity index (χ2v) is 5.35. The van der Waals surface area contributed by atoms with Gasteiger partial charge < -0.3 is 10.1 Å². The lowest BCUT2D eigenvalue weighted by Gasteiger charge is -2.41. The van der Waals surface area contributed by atoms with Gasteiger partial charge in [0.05, 0.1) is 5.54 Å². The van der Waals surface area contributed by atoms with Gasteiger partial charge in [-0.05, 0) is 33.6 Å². The molecule has 0 spiro atoms. The Morgan fingerprint density at radius 1 is 1.33 bits per heavy atom. The minimum Gasteiger partial charge on any atom is -0.381 e. The van der Waals surface area contributed by atoms with Gasteiger partial charge in [0.1, 0.15) is 0 Å². The van der Waals surface area contributed by atoms with Crippen molar-refractivity contribution in [3.8, 4) is 0 Å². The molecule has 1 saturated heterocycles. The van der Waals surface area contributed by atoms with E-state index in [2.05, 4.69) is 26.1 Å².